The van der Waals surface area contributed by atoms with Crippen molar-refractivity contribution in [3.05, 3.63) is 74.2 Å². The van der Waals surface area contributed by atoms with Gasteiger partial charge in [-0.15, -0.1) is 10.2 Å². The fraction of sp³-hybridized carbons (Fsp3) is 0.200. The molecule has 0 aliphatic rings. The smallest absolute Gasteiger partial charge is 0.286 e. The summed E-state index contributed by atoms with van der Waals surface area (Å²) in [4.78, 5) is 24.2. The number of amides is 2. The Bertz CT molecular complexity index is 992. The Morgan fingerprint density at radius 3 is 2.52 bits per heavy atom. The summed E-state index contributed by atoms with van der Waals surface area (Å²) >= 11 is 12.9. The Hall–Kier alpha value is -2.48. The molecule has 1 aromatic heterocycles. The van der Waals surface area contributed by atoms with Crippen molar-refractivity contribution in [2.45, 2.75) is 19.3 Å². The number of aromatic nitrogens is 2. The highest BCUT2D eigenvalue weighted by molar-refractivity contribution is 7.13. The van der Waals surface area contributed by atoms with E-state index in [0.717, 1.165) is 12.0 Å². The fourth-order valence-electron chi connectivity index (χ4n) is 2.50. The number of rotatable bonds is 8. The molecule has 0 spiro atoms. The van der Waals surface area contributed by atoms with Gasteiger partial charge in [-0.3, -0.25) is 9.59 Å². The summed E-state index contributed by atoms with van der Waals surface area (Å²) in [6.45, 7) is 0.546. The van der Waals surface area contributed by atoms with Gasteiger partial charge < -0.3 is 10.6 Å². The molecule has 0 aliphatic heterocycles. The molecule has 0 saturated heterocycles. The molecule has 2 aromatic carbocycles. The Labute approximate surface area is 182 Å². The number of carbonyl (C=O) groups is 2. The molecule has 0 radical (unpaired) electrons. The average molecular weight is 449 g/mol. The Balaban J connectivity index is 1.41. The lowest BCUT2D eigenvalue weighted by Crippen LogP contribution is -2.25. The number of halogens is 2. The van der Waals surface area contributed by atoms with E-state index in [9.17, 15) is 9.59 Å². The minimum atomic E-state index is -0.358. The van der Waals surface area contributed by atoms with Crippen LogP contribution >= 0.6 is 34.5 Å². The van der Waals surface area contributed by atoms with Gasteiger partial charge in [0.25, 0.3) is 5.91 Å². The highest BCUT2D eigenvalue weighted by Gasteiger charge is 2.14. The van der Waals surface area contributed by atoms with E-state index in [-0.39, 0.29) is 23.2 Å². The predicted molar refractivity (Wildman–Crippen MR) is 116 cm³/mol. The van der Waals surface area contributed by atoms with Crippen LogP contribution in [0.25, 0.3) is 0 Å². The zero-order valence-electron chi connectivity index (χ0n) is 15.3. The number of hydrogen-bond acceptors (Lipinski definition) is 5. The molecule has 2 amide bonds. The van der Waals surface area contributed by atoms with Gasteiger partial charge in [0, 0.05) is 35.1 Å². The molecule has 0 saturated carbocycles. The molecule has 0 atom stereocenters. The summed E-state index contributed by atoms with van der Waals surface area (Å²) in [6, 6.07) is 14.4. The Morgan fingerprint density at radius 2 is 1.76 bits per heavy atom. The minimum Gasteiger partial charge on any atom is -0.356 e. The monoisotopic (exact) mass is 448 g/mol. The van der Waals surface area contributed by atoms with Crippen LogP contribution < -0.4 is 10.6 Å². The van der Waals surface area contributed by atoms with Crippen molar-refractivity contribution in [3.63, 3.8) is 0 Å². The standard InChI is InChI=1S/C20H18Cl2N4O2S/c21-14-6-4-13(5-7-14)10-11-23-17(27)8-9-18-25-26-20(29-18)19(28)24-16-3-1-2-15(22)12-16/h1-7,12H,8-11H2,(H,23,27)(H,24,28). The number of benzene rings is 2. The van der Waals surface area contributed by atoms with Crippen LogP contribution in [0.5, 0.6) is 0 Å². The largest absolute Gasteiger partial charge is 0.356 e. The van der Waals surface area contributed by atoms with E-state index >= 15 is 0 Å². The van der Waals surface area contributed by atoms with E-state index in [1.807, 2.05) is 24.3 Å². The summed E-state index contributed by atoms with van der Waals surface area (Å²) in [5, 5.41) is 15.6. The van der Waals surface area contributed by atoms with Crippen LogP contribution in [0.1, 0.15) is 26.8 Å². The van der Waals surface area contributed by atoms with Gasteiger partial charge in [0.05, 0.1) is 0 Å². The third-order valence-corrected chi connectivity index (χ3v) is 5.43. The van der Waals surface area contributed by atoms with E-state index in [1.54, 1.807) is 24.3 Å². The average Bonchev–Trinajstić information content (AvgIpc) is 3.17. The highest BCUT2D eigenvalue weighted by atomic mass is 35.5. The molecule has 29 heavy (non-hydrogen) atoms. The van der Waals surface area contributed by atoms with E-state index in [0.29, 0.717) is 33.7 Å². The van der Waals surface area contributed by atoms with Crippen LogP contribution in [-0.2, 0) is 17.6 Å². The molecule has 6 nitrogen and oxygen atoms in total. The molecule has 9 heteroatoms. The van der Waals surface area contributed by atoms with Crippen LogP contribution in [0.15, 0.2) is 48.5 Å². The van der Waals surface area contributed by atoms with Gasteiger partial charge >= 0.3 is 0 Å². The first-order valence-corrected chi connectivity index (χ1v) is 10.5. The molecule has 3 rings (SSSR count). The maximum absolute atomic E-state index is 12.2. The van der Waals surface area contributed by atoms with Gasteiger partial charge in [-0.05, 0) is 42.3 Å². The number of hydrogen-bond donors (Lipinski definition) is 2. The van der Waals surface area contributed by atoms with E-state index in [1.165, 1.54) is 11.3 Å². The molecule has 3 aromatic rings. The van der Waals surface area contributed by atoms with Crippen LogP contribution in [-0.4, -0.2) is 28.6 Å². The predicted octanol–water partition coefficient (Wildman–Crippen LogP) is 4.39. The fourth-order valence-corrected chi connectivity index (χ4v) is 3.55. The maximum Gasteiger partial charge on any atom is 0.286 e. The molecule has 150 valence electrons. The molecule has 0 bridgehead atoms. The topological polar surface area (TPSA) is 84.0 Å². The summed E-state index contributed by atoms with van der Waals surface area (Å²) in [5.41, 5.74) is 1.69. The second-order valence-electron chi connectivity index (χ2n) is 6.19. The molecule has 0 fully saturated rings. The molecule has 2 N–H and O–H groups in total. The minimum absolute atomic E-state index is 0.0703. The van der Waals surface area contributed by atoms with Crippen molar-refractivity contribution in [1.82, 2.24) is 15.5 Å². The van der Waals surface area contributed by atoms with Crippen molar-refractivity contribution in [2.75, 3.05) is 11.9 Å². The van der Waals surface area contributed by atoms with Gasteiger partial charge in [-0.2, -0.15) is 0 Å². The maximum atomic E-state index is 12.2. The Kier molecular flexibility index (Phi) is 7.57. The lowest BCUT2D eigenvalue weighted by Gasteiger charge is -2.04. The van der Waals surface area contributed by atoms with Crippen molar-refractivity contribution < 1.29 is 9.59 Å². The SMILES string of the molecule is O=C(CCc1nnc(C(=O)Nc2cccc(Cl)c2)s1)NCCc1ccc(Cl)cc1. The first kappa shape index (κ1) is 21.2. The summed E-state index contributed by atoms with van der Waals surface area (Å²) < 4.78 is 0. The number of aryl methyl sites for hydroxylation is 1. The third kappa shape index (κ3) is 6.81. The van der Waals surface area contributed by atoms with E-state index < -0.39 is 0 Å². The zero-order chi connectivity index (χ0) is 20.6. The quantitative estimate of drug-likeness (QED) is 0.535. The first-order chi connectivity index (χ1) is 14.0. The molecule has 0 unspecified atom stereocenters. The first-order valence-electron chi connectivity index (χ1n) is 8.90. The molecule has 1 heterocycles. The van der Waals surface area contributed by atoms with Crippen molar-refractivity contribution in [3.8, 4) is 0 Å². The zero-order valence-corrected chi connectivity index (χ0v) is 17.7. The van der Waals surface area contributed by atoms with Gasteiger partial charge in [-0.1, -0.05) is 52.7 Å². The molecule has 0 aliphatic carbocycles. The van der Waals surface area contributed by atoms with Crippen molar-refractivity contribution in [2.24, 2.45) is 0 Å². The van der Waals surface area contributed by atoms with Crippen LogP contribution in [0, 0.1) is 0 Å². The van der Waals surface area contributed by atoms with Crippen molar-refractivity contribution >= 4 is 52.0 Å². The van der Waals surface area contributed by atoms with Crippen LogP contribution in [0.4, 0.5) is 5.69 Å². The van der Waals surface area contributed by atoms with Crippen LogP contribution in [0.3, 0.4) is 0 Å². The highest BCUT2D eigenvalue weighted by Crippen LogP contribution is 2.18. The summed E-state index contributed by atoms with van der Waals surface area (Å²) in [7, 11) is 0. The number of carbonyl (C=O) groups excluding carboxylic acids is 2. The second-order valence-corrected chi connectivity index (χ2v) is 8.13. The number of nitrogens with one attached hydrogen (secondary N) is 2. The molecular weight excluding hydrogens is 431 g/mol. The van der Waals surface area contributed by atoms with Crippen molar-refractivity contribution in [1.29, 1.82) is 0 Å². The normalized spacial score (nSPS) is 10.6. The molecular formula is C20H18Cl2N4O2S. The van der Waals surface area contributed by atoms with Gasteiger partial charge in [0.1, 0.15) is 5.01 Å². The van der Waals surface area contributed by atoms with Crippen LogP contribution in [0.2, 0.25) is 10.0 Å². The number of nitrogens with zero attached hydrogens (tertiary/aromatic N) is 2. The van der Waals surface area contributed by atoms with Gasteiger partial charge in [0.15, 0.2) is 0 Å². The second kappa shape index (κ2) is 10.3. The van der Waals surface area contributed by atoms with E-state index in [2.05, 4.69) is 20.8 Å². The van der Waals surface area contributed by atoms with Gasteiger partial charge in [0.2, 0.25) is 10.9 Å². The third-order valence-electron chi connectivity index (χ3n) is 3.96. The summed E-state index contributed by atoms with van der Waals surface area (Å²) in [5.74, 6) is -0.428. The summed E-state index contributed by atoms with van der Waals surface area (Å²) in [6.07, 6.45) is 1.44. The lowest BCUT2D eigenvalue weighted by molar-refractivity contribution is -0.121. The van der Waals surface area contributed by atoms with Gasteiger partial charge in [-0.25, -0.2) is 0 Å². The lowest BCUT2D eigenvalue weighted by atomic mass is 10.1. The number of anilines is 1. The Morgan fingerprint density at radius 1 is 0.966 bits per heavy atom. The van der Waals surface area contributed by atoms with E-state index in [4.69, 9.17) is 23.2 Å².